The molecule has 0 amide bonds. The topological polar surface area (TPSA) is 0 Å². The largest absolute Gasteiger partial charge is 0.135 e. The Morgan fingerprint density at radius 1 is 0.362 bits per heavy atom. The van der Waals surface area contributed by atoms with E-state index in [-0.39, 0.29) is 10.8 Å². The van der Waals surface area contributed by atoms with Gasteiger partial charge in [-0.05, 0) is 154 Å². The third-order valence-corrected chi connectivity index (χ3v) is 21.0. The highest BCUT2D eigenvalue weighted by molar-refractivity contribution is 7.31. The van der Waals surface area contributed by atoms with Gasteiger partial charge in [0, 0.05) is 35.0 Å². The molecule has 3 heterocycles. The van der Waals surface area contributed by atoms with Gasteiger partial charge in [-0.25, -0.2) is 0 Å². The number of aryl methyl sites for hydroxylation is 2. The molecule has 3 heteroatoms. The Hall–Kier alpha value is -3.50. The SMILES string of the molecule is CCCCCCCCCCCCc1ccc(-c2cc3c(s2)-c2cc4cc5c(cc4cc2C3(CC)CC)-c2sc3cc(-c4ccc(CCCCCCCCCCCC)cc4)sc3c2C5(CC)CC)cc1. The van der Waals surface area contributed by atoms with Crippen LogP contribution in [0.5, 0.6) is 0 Å². The van der Waals surface area contributed by atoms with Gasteiger partial charge in [0.15, 0.2) is 0 Å². The highest BCUT2D eigenvalue weighted by atomic mass is 32.1. The number of thiophene rings is 3. The fourth-order valence-corrected chi connectivity index (χ4v) is 17.0. The maximum atomic E-state index is 2.64. The molecule has 0 bridgehead atoms. The molecule has 0 atom stereocenters. The summed E-state index contributed by atoms with van der Waals surface area (Å²) in [6, 6.07) is 34.8. The molecule has 69 heavy (non-hydrogen) atoms. The number of rotatable bonds is 28. The van der Waals surface area contributed by atoms with E-state index in [4.69, 9.17) is 0 Å². The molecule has 0 unspecified atom stereocenters. The molecule has 0 nitrogen and oxygen atoms in total. The van der Waals surface area contributed by atoms with E-state index < -0.39 is 0 Å². The molecule has 4 aromatic carbocycles. The van der Waals surface area contributed by atoms with Gasteiger partial charge < -0.3 is 0 Å². The highest BCUT2D eigenvalue weighted by Gasteiger charge is 2.46. The van der Waals surface area contributed by atoms with E-state index in [1.807, 2.05) is 22.7 Å². The van der Waals surface area contributed by atoms with Crippen molar-refractivity contribution in [1.29, 1.82) is 0 Å². The molecule has 0 N–H and O–H groups in total. The minimum atomic E-state index is 0.0364. The lowest BCUT2D eigenvalue weighted by Gasteiger charge is -2.30. The summed E-state index contributed by atoms with van der Waals surface area (Å²) >= 11 is 6.15. The summed E-state index contributed by atoms with van der Waals surface area (Å²) in [6.07, 6.45) is 34.8. The molecule has 0 aliphatic heterocycles. The first-order chi connectivity index (χ1) is 33.9. The van der Waals surface area contributed by atoms with E-state index in [0.29, 0.717) is 0 Å². The summed E-state index contributed by atoms with van der Waals surface area (Å²) in [7, 11) is 0. The van der Waals surface area contributed by atoms with Gasteiger partial charge in [0.25, 0.3) is 0 Å². The van der Waals surface area contributed by atoms with Crippen LogP contribution in [0.25, 0.3) is 61.9 Å². The first-order valence-electron chi connectivity index (χ1n) is 28.4. The maximum Gasteiger partial charge on any atom is 0.0504 e. The van der Waals surface area contributed by atoms with Crippen molar-refractivity contribution in [3.05, 3.63) is 118 Å². The minimum Gasteiger partial charge on any atom is -0.135 e. The van der Waals surface area contributed by atoms with Crippen molar-refractivity contribution in [1.82, 2.24) is 0 Å². The van der Waals surface area contributed by atoms with Gasteiger partial charge in [-0.1, -0.05) is 206 Å². The number of fused-ring (bicyclic) bond motifs is 9. The van der Waals surface area contributed by atoms with Crippen molar-refractivity contribution < 1.29 is 0 Å². The summed E-state index contributed by atoms with van der Waals surface area (Å²) in [4.78, 5) is 5.89. The van der Waals surface area contributed by atoms with Crippen molar-refractivity contribution in [3.8, 4) is 41.8 Å². The normalized spacial score (nSPS) is 14.2. The molecular weight excluding hydrogens is 889 g/mol. The fourth-order valence-electron chi connectivity index (χ4n) is 12.8. The van der Waals surface area contributed by atoms with Crippen molar-refractivity contribution in [2.75, 3.05) is 0 Å². The van der Waals surface area contributed by atoms with E-state index in [1.54, 1.807) is 22.3 Å². The van der Waals surface area contributed by atoms with Crippen LogP contribution in [-0.2, 0) is 23.7 Å². The van der Waals surface area contributed by atoms with Crippen molar-refractivity contribution in [2.45, 2.75) is 219 Å². The summed E-state index contributed by atoms with van der Waals surface area (Å²) in [6.45, 7) is 14.4. The van der Waals surface area contributed by atoms with E-state index >= 15 is 0 Å². The molecular formula is C66H84S3. The number of unbranched alkanes of at least 4 members (excludes halogenated alkanes) is 18. The van der Waals surface area contributed by atoms with Crippen molar-refractivity contribution in [3.63, 3.8) is 0 Å². The second kappa shape index (κ2) is 23.4. The van der Waals surface area contributed by atoms with Crippen LogP contribution in [0.2, 0.25) is 0 Å². The van der Waals surface area contributed by atoms with Gasteiger partial charge in [-0.15, -0.1) is 34.0 Å². The van der Waals surface area contributed by atoms with E-state index in [1.165, 1.54) is 214 Å². The average Bonchev–Trinajstić information content (AvgIpc) is 4.19. The van der Waals surface area contributed by atoms with Crippen LogP contribution in [0.15, 0.2) is 84.9 Å². The number of benzene rings is 4. The summed E-state index contributed by atoms with van der Waals surface area (Å²) in [5.41, 5.74) is 15.1. The zero-order valence-electron chi connectivity index (χ0n) is 43.7. The van der Waals surface area contributed by atoms with Crippen molar-refractivity contribution >= 4 is 54.2 Å². The monoisotopic (exact) mass is 973 g/mol. The molecule has 0 spiro atoms. The minimum absolute atomic E-state index is 0.0364. The molecule has 0 saturated carbocycles. The Kier molecular flexibility index (Phi) is 17.1. The van der Waals surface area contributed by atoms with Crippen LogP contribution in [0.1, 0.15) is 229 Å². The molecule has 3 aromatic heterocycles. The van der Waals surface area contributed by atoms with Gasteiger partial charge in [-0.3, -0.25) is 0 Å². The van der Waals surface area contributed by atoms with Crippen molar-refractivity contribution in [2.24, 2.45) is 0 Å². The Morgan fingerprint density at radius 3 is 1.25 bits per heavy atom. The summed E-state index contributed by atoms with van der Waals surface area (Å²) in [5.74, 6) is 0. The maximum absolute atomic E-state index is 2.64. The first-order valence-corrected chi connectivity index (χ1v) is 30.9. The Labute approximate surface area is 430 Å². The lowest BCUT2D eigenvalue weighted by atomic mass is 9.72. The van der Waals surface area contributed by atoms with Crippen LogP contribution in [0.3, 0.4) is 0 Å². The Balaban J connectivity index is 0.907. The predicted octanol–water partition coefficient (Wildman–Crippen LogP) is 22.6. The van der Waals surface area contributed by atoms with Gasteiger partial charge in [0.1, 0.15) is 0 Å². The van der Waals surface area contributed by atoms with Gasteiger partial charge in [0.05, 0.1) is 4.70 Å². The van der Waals surface area contributed by atoms with E-state index in [2.05, 4.69) is 138 Å². The number of hydrogen-bond acceptors (Lipinski definition) is 3. The predicted molar refractivity (Wildman–Crippen MR) is 311 cm³/mol. The molecule has 0 fully saturated rings. The van der Waals surface area contributed by atoms with Gasteiger partial charge in [0.2, 0.25) is 0 Å². The molecule has 0 saturated heterocycles. The zero-order valence-corrected chi connectivity index (χ0v) is 46.1. The van der Waals surface area contributed by atoms with Gasteiger partial charge >= 0.3 is 0 Å². The molecule has 0 radical (unpaired) electrons. The van der Waals surface area contributed by atoms with Crippen LogP contribution >= 0.6 is 34.0 Å². The third kappa shape index (κ3) is 10.3. The van der Waals surface area contributed by atoms with Crippen LogP contribution in [0, 0.1) is 0 Å². The van der Waals surface area contributed by atoms with Crippen LogP contribution in [-0.4, -0.2) is 0 Å². The lowest BCUT2D eigenvalue weighted by molar-refractivity contribution is 0.491. The lowest BCUT2D eigenvalue weighted by Crippen LogP contribution is -2.23. The quantitative estimate of drug-likeness (QED) is 0.0429. The average molecular weight is 974 g/mol. The molecule has 2 aliphatic carbocycles. The van der Waals surface area contributed by atoms with E-state index in [0.717, 1.165) is 25.7 Å². The second-order valence-electron chi connectivity index (χ2n) is 21.4. The third-order valence-electron chi connectivity index (χ3n) is 17.3. The van der Waals surface area contributed by atoms with Crippen LogP contribution in [0.4, 0.5) is 0 Å². The smallest absolute Gasteiger partial charge is 0.0504 e. The fraction of sp³-hybridized carbons (Fsp3) is 0.515. The standard InChI is InChI=1S/C66H84S3/c1-7-13-15-17-19-21-23-25-27-29-31-47-33-37-49(38-34-47)58-45-57-62(67-58)53-41-51-44-56-54(42-52(51)43-55(53)65(57,9-3)10-4)63-61(66(56,11-5)12-6)64-60(69-63)46-59(68-64)50-39-35-48(36-40-50)32-30-28-26-24-22-20-18-16-14-8-2/h33-46H,7-32H2,1-6H3. The molecule has 7 aromatic rings. The molecule has 366 valence electrons. The zero-order chi connectivity index (χ0) is 47.8. The molecule has 2 aliphatic rings. The summed E-state index contributed by atoms with van der Waals surface area (Å²) in [5, 5.41) is 2.83. The first kappa shape index (κ1) is 50.4. The van der Waals surface area contributed by atoms with Gasteiger partial charge in [-0.2, -0.15) is 0 Å². The Bertz CT molecular complexity index is 2740. The van der Waals surface area contributed by atoms with E-state index in [9.17, 15) is 0 Å². The van der Waals surface area contributed by atoms with Crippen LogP contribution < -0.4 is 0 Å². The highest BCUT2D eigenvalue weighted by Crippen LogP contribution is 2.62. The molecule has 9 rings (SSSR count). The summed E-state index contributed by atoms with van der Waals surface area (Å²) < 4.78 is 3.00. The second-order valence-corrected chi connectivity index (χ2v) is 24.6. The Morgan fingerprint density at radius 2 is 0.783 bits per heavy atom. The number of hydrogen-bond donors (Lipinski definition) is 0.